The Morgan fingerprint density at radius 3 is 2.40 bits per heavy atom. The number of imidazole rings is 1. The number of amides is 4. The van der Waals surface area contributed by atoms with Crippen molar-refractivity contribution in [1.29, 1.82) is 0 Å². The van der Waals surface area contributed by atoms with E-state index in [9.17, 15) is 33.9 Å². The predicted molar refractivity (Wildman–Crippen MR) is 117 cm³/mol. The highest BCUT2D eigenvalue weighted by molar-refractivity contribution is 5.96. The largest absolute Gasteiger partial charge is 0.481 e. The van der Waals surface area contributed by atoms with Gasteiger partial charge in [0.1, 0.15) is 18.1 Å². The minimum atomic E-state index is -1.50. The number of hydrogen-bond acceptors (Lipinski definition) is 8. The van der Waals surface area contributed by atoms with Crippen molar-refractivity contribution < 1.29 is 39.0 Å². The first kappa shape index (κ1) is 27.2. The number of carboxylic acid groups (broad SMARTS) is 2. The van der Waals surface area contributed by atoms with Crippen molar-refractivity contribution in [1.82, 2.24) is 25.5 Å². The molecule has 0 radical (unpaired) electrons. The first-order chi connectivity index (χ1) is 16.5. The second-order valence-corrected chi connectivity index (χ2v) is 8.14. The van der Waals surface area contributed by atoms with E-state index in [0.717, 1.165) is 4.90 Å². The Hall–Kier alpha value is -4.01. The second-order valence-electron chi connectivity index (χ2n) is 8.14. The summed E-state index contributed by atoms with van der Waals surface area (Å²) in [6.45, 7) is 0.114. The summed E-state index contributed by atoms with van der Waals surface area (Å²) in [4.78, 5) is 80.1. The number of aliphatic carboxylic acids is 2. The van der Waals surface area contributed by atoms with Crippen molar-refractivity contribution in [3.05, 3.63) is 18.2 Å². The van der Waals surface area contributed by atoms with E-state index in [0.29, 0.717) is 12.1 Å². The number of nitrogens with two attached hydrogens (primary N) is 2. The maximum Gasteiger partial charge on any atom is 0.326 e. The fourth-order valence-electron chi connectivity index (χ4n) is 3.70. The number of nitrogens with zero attached hydrogens (tertiary/aromatic N) is 2. The van der Waals surface area contributed by atoms with Crippen molar-refractivity contribution >= 4 is 35.6 Å². The normalized spacial score (nSPS) is 17.7. The van der Waals surface area contributed by atoms with Crippen LogP contribution in [0.4, 0.5) is 0 Å². The van der Waals surface area contributed by atoms with E-state index in [4.69, 9.17) is 16.6 Å². The monoisotopic (exact) mass is 495 g/mol. The van der Waals surface area contributed by atoms with Crippen LogP contribution in [0.3, 0.4) is 0 Å². The molecule has 4 unspecified atom stereocenters. The molecule has 0 aliphatic carbocycles. The molecule has 9 N–H and O–H groups in total. The molecule has 4 amide bonds. The lowest BCUT2D eigenvalue weighted by Gasteiger charge is -2.28. The zero-order valence-electron chi connectivity index (χ0n) is 18.8. The molecular weight excluding hydrogens is 466 g/mol. The van der Waals surface area contributed by atoms with Crippen molar-refractivity contribution in [2.75, 3.05) is 6.54 Å². The maximum atomic E-state index is 13.0. The van der Waals surface area contributed by atoms with Gasteiger partial charge in [0.25, 0.3) is 0 Å². The van der Waals surface area contributed by atoms with Crippen LogP contribution in [0.15, 0.2) is 12.5 Å². The molecule has 1 fully saturated rings. The lowest BCUT2D eigenvalue weighted by molar-refractivity contribution is -0.149. The molecule has 0 aromatic carbocycles. The van der Waals surface area contributed by atoms with Crippen molar-refractivity contribution in [2.45, 2.75) is 62.7 Å². The second kappa shape index (κ2) is 12.5. The molecule has 1 aromatic rings. The lowest BCUT2D eigenvalue weighted by atomic mass is 10.1. The number of likely N-dealkylation sites (tertiary alicyclic amines) is 1. The quantitative estimate of drug-likeness (QED) is 0.147. The molecular formula is C20H29N7O8. The van der Waals surface area contributed by atoms with Gasteiger partial charge in [0.2, 0.25) is 23.6 Å². The smallest absolute Gasteiger partial charge is 0.326 e. The number of carbonyl (C=O) groups excluding carboxylic acids is 4. The molecule has 1 saturated heterocycles. The summed E-state index contributed by atoms with van der Waals surface area (Å²) >= 11 is 0. The van der Waals surface area contributed by atoms with Gasteiger partial charge in [-0.3, -0.25) is 24.0 Å². The predicted octanol–water partition coefficient (Wildman–Crippen LogP) is -2.94. The Morgan fingerprint density at radius 1 is 1.14 bits per heavy atom. The summed E-state index contributed by atoms with van der Waals surface area (Å²) in [6, 6.07) is -5.11. The Labute approximate surface area is 199 Å². The van der Waals surface area contributed by atoms with Gasteiger partial charge in [-0.05, 0) is 19.3 Å². The van der Waals surface area contributed by atoms with Gasteiger partial charge in [-0.25, -0.2) is 9.78 Å². The van der Waals surface area contributed by atoms with Gasteiger partial charge in [-0.15, -0.1) is 0 Å². The molecule has 2 heterocycles. The topological polar surface area (TPSA) is 251 Å². The number of rotatable bonds is 13. The molecule has 2 rings (SSSR count). The van der Waals surface area contributed by atoms with E-state index in [-0.39, 0.29) is 25.8 Å². The van der Waals surface area contributed by atoms with Crippen LogP contribution < -0.4 is 22.1 Å². The Kier molecular flexibility index (Phi) is 9.69. The highest BCUT2D eigenvalue weighted by Gasteiger charge is 2.39. The van der Waals surface area contributed by atoms with Crippen molar-refractivity contribution in [3.63, 3.8) is 0 Å². The minimum absolute atomic E-state index is 0.0629. The van der Waals surface area contributed by atoms with Crippen LogP contribution in [-0.4, -0.2) is 91.4 Å². The summed E-state index contributed by atoms with van der Waals surface area (Å²) in [5.74, 6) is -5.90. The molecule has 4 atom stereocenters. The van der Waals surface area contributed by atoms with E-state index in [1.807, 2.05) is 0 Å². The number of carboxylic acids is 2. The number of carbonyl (C=O) groups is 6. The molecule has 0 bridgehead atoms. The van der Waals surface area contributed by atoms with Crippen LogP contribution in [0.5, 0.6) is 0 Å². The van der Waals surface area contributed by atoms with Gasteiger partial charge in [-0.2, -0.15) is 0 Å². The molecule has 15 heteroatoms. The van der Waals surface area contributed by atoms with Crippen LogP contribution in [0.2, 0.25) is 0 Å². The minimum Gasteiger partial charge on any atom is -0.481 e. The Balaban J connectivity index is 2.14. The molecule has 1 aliphatic rings. The fraction of sp³-hybridized carbons (Fsp3) is 0.550. The van der Waals surface area contributed by atoms with Gasteiger partial charge < -0.3 is 42.2 Å². The third-order valence-electron chi connectivity index (χ3n) is 5.45. The average Bonchev–Trinajstić information content (AvgIpc) is 3.47. The van der Waals surface area contributed by atoms with Crippen molar-refractivity contribution in [2.24, 2.45) is 11.5 Å². The number of H-pyrrole nitrogens is 1. The van der Waals surface area contributed by atoms with Gasteiger partial charge in [0, 0.05) is 31.3 Å². The average molecular weight is 495 g/mol. The van der Waals surface area contributed by atoms with E-state index < -0.39 is 72.6 Å². The first-order valence-corrected chi connectivity index (χ1v) is 10.9. The third-order valence-corrected chi connectivity index (χ3v) is 5.45. The van der Waals surface area contributed by atoms with Crippen LogP contribution in [0.25, 0.3) is 0 Å². The molecule has 35 heavy (non-hydrogen) atoms. The van der Waals surface area contributed by atoms with E-state index >= 15 is 0 Å². The van der Waals surface area contributed by atoms with E-state index in [1.165, 1.54) is 12.5 Å². The summed E-state index contributed by atoms with van der Waals surface area (Å²) in [7, 11) is 0. The van der Waals surface area contributed by atoms with Crippen molar-refractivity contribution in [3.8, 4) is 0 Å². The molecule has 1 aromatic heterocycles. The SMILES string of the molecule is NC(=O)CC(NC(=O)C(CCC(=O)O)NC(=O)C(N)Cc1cnc[nH]1)C(=O)N1CCCC1C(=O)O. The van der Waals surface area contributed by atoms with Crippen LogP contribution in [-0.2, 0) is 35.2 Å². The number of primary amides is 1. The molecule has 0 saturated carbocycles. The number of nitrogens with one attached hydrogen (secondary N) is 3. The van der Waals surface area contributed by atoms with Gasteiger partial charge in [-0.1, -0.05) is 0 Å². The third kappa shape index (κ3) is 8.06. The molecule has 192 valence electrons. The first-order valence-electron chi connectivity index (χ1n) is 10.9. The molecule has 15 nitrogen and oxygen atoms in total. The number of hydrogen-bond donors (Lipinski definition) is 7. The van der Waals surface area contributed by atoms with Crippen LogP contribution in [0, 0.1) is 0 Å². The van der Waals surface area contributed by atoms with Gasteiger partial charge in [0.15, 0.2) is 0 Å². The van der Waals surface area contributed by atoms with E-state index in [1.54, 1.807) is 0 Å². The Bertz CT molecular complexity index is 951. The van der Waals surface area contributed by atoms with E-state index in [2.05, 4.69) is 20.6 Å². The number of aromatic nitrogens is 2. The summed E-state index contributed by atoms with van der Waals surface area (Å²) < 4.78 is 0. The fourth-order valence-corrected chi connectivity index (χ4v) is 3.70. The maximum absolute atomic E-state index is 13.0. The lowest BCUT2D eigenvalue weighted by Crippen LogP contribution is -2.58. The zero-order chi connectivity index (χ0) is 26.1. The highest BCUT2D eigenvalue weighted by atomic mass is 16.4. The number of aromatic amines is 1. The van der Waals surface area contributed by atoms with Crippen LogP contribution >= 0.6 is 0 Å². The summed E-state index contributed by atoms with van der Waals surface area (Å²) in [6.07, 6.45) is 2.12. The van der Waals surface area contributed by atoms with Gasteiger partial charge in [0.05, 0.1) is 18.8 Å². The Morgan fingerprint density at radius 2 is 1.83 bits per heavy atom. The summed E-state index contributed by atoms with van der Waals surface area (Å²) in [5, 5.41) is 23.0. The molecule has 1 aliphatic heterocycles. The standard InChI is InChI=1S/C20H29N7O8/c21-11(6-10-8-23-9-24-10)17(31)25-12(3-4-16(29)30)18(32)26-13(7-15(22)28)19(33)27-5-1-2-14(27)20(34)35/h8-9,11-14H,1-7,21H2,(H2,22,28)(H,23,24)(H,25,31)(H,26,32)(H,29,30)(H,34,35). The zero-order valence-corrected chi connectivity index (χ0v) is 18.8. The highest BCUT2D eigenvalue weighted by Crippen LogP contribution is 2.19. The molecule has 0 spiro atoms. The van der Waals surface area contributed by atoms with Gasteiger partial charge >= 0.3 is 11.9 Å². The van der Waals surface area contributed by atoms with Crippen LogP contribution in [0.1, 0.15) is 37.8 Å². The summed E-state index contributed by atoms with van der Waals surface area (Å²) in [5.41, 5.74) is 11.6.